The summed E-state index contributed by atoms with van der Waals surface area (Å²) in [6.45, 7) is 1.63. The molecule has 1 fully saturated rings. The molecule has 106 valence electrons. The lowest BCUT2D eigenvalue weighted by Crippen LogP contribution is -2.26. The number of halogens is 1. The topological polar surface area (TPSA) is 39.7 Å². The zero-order valence-corrected chi connectivity index (χ0v) is 13.1. The Kier molecular flexibility index (Phi) is 5.07. The zero-order chi connectivity index (χ0) is 13.8. The van der Waals surface area contributed by atoms with Crippen LogP contribution in [0.3, 0.4) is 0 Å². The van der Waals surface area contributed by atoms with Gasteiger partial charge in [0.2, 0.25) is 0 Å². The van der Waals surface area contributed by atoms with Gasteiger partial charge in [0.1, 0.15) is 16.0 Å². The Bertz CT molecular complexity index is 433. The van der Waals surface area contributed by atoms with Crippen molar-refractivity contribution in [1.29, 1.82) is 0 Å². The largest absolute Gasteiger partial charge is 0.495 e. The molecule has 5 heteroatoms. The standard InChI is InChI=1S/C14H20BrNO3/c1-16-13(9-6-7-19-8-9)10-4-5-11(17-2)12(15)14(10)18-3/h4-5,9,13,16H,6-8H2,1-3H3. The Morgan fingerprint density at radius 2 is 2.16 bits per heavy atom. The lowest BCUT2D eigenvalue weighted by atomic mass is 9.91. The molecule has 0 aliphatic carbocycles. The number of rotatable bonds is 5. The second-order valence-electron chi connectivity index (χ2n) is 4.59. The van der Waals surface area contributed by atoms with Gasteiger partial charge in [0.05, 0.1) is 20.8 Å². The van der Waals surface area contributed by atoms with Gasteiger partial charge in [-0.3, -0.25) is 0 Å². The summed E-state index contributed by atoms with van der Waals surface area (Å²) in [4.78, 5) is 0. The molecule has 0 spiro atoms. The van der Waals surface area contributed by atoms with Crippen molar-refractivity contribution in [1.82, 2.24) is 5.32 Å². The minimum atomic E-state index is 0.222. The van der Waals surface area contributed by atoms with Gasteiger partial charge in [0.25, 0.3) is 0 Å². The van der Waals surface area contributed by atoms with Crippen molar-refractivity contribution in [3.63, 3.8) is 0 Å². The van der Waals surface area contributed by atoms with Crippen LogP contribution in [0.25, 0.3) is 0 Å². The smallest absolute Gasteiger partial charge is 0.141 e. The summed E-state index contributed by atoms with van der Waals surface area (Å²) in [5, 5.41) is 3.38. The Morgan fingerprint density at radius 1 is 1.37 bits per heavy atom. The van der Waals surface area contributed by atoms with Crippen molar-refractivity contribution < 1.29 is 14.2 Å². The van der Waals surface area contributed by atoms with Crippen LogP contribution in [0.4, 0.5) is 0 Å². The first-order chi connectivity index (χ1) is 9.22. The molecule has 0 amide bonds. The monoisotopic (exact) mass is 329 g/mol. The van der Waals surface area contributed by atoms with Crippen molar-refractivity contribution >= 4 is 15.9 Å². The van der Waals surface area contributed by atoms with E-state index in [1.54, 1.807) is 14.2 Å². The van der Waals surface area contributed by atoms with E-state index in [2.05, 4.69) is 27.3 Å². The van der Waals surface area contributed by atoms with E-state index in [0.717, 1.165) is 41.2 Å². The molecular weight excluding hydrogens is 310 g/mol. The van der Waals surface area contributed by atoms with Crippen LogP contribution in [0, 0.1) is 5.92 Å². The van der Waals surface area contributed by atoms with Crippen LogP contribution in [-0.2, 0) is 4.74 Å². The summed E-state index contributed by atoms with van der Waals surface area (Å²) in [5.74, 6) is 2.07. The molecule has 1 N–H and O–H groups in total. The molecule has 0 aromatic heterocycles. The first-order valence-corrected chi connectivity index (χ1v) is 7.17. The fraction of sp³-hybridized carbons (Fsp3) is 0.571. The highest BCUT2D eigenvalue weighted by Crippen LogP contribution is 2.42. The molecular formula is C14H20BrNO3. The van der Waals surface area contributed by atoms with Gasteiger partial charge < -0.3 is 19.5 Å². The summed E-state index contributed by atoms with van der Waals surface area (Å²) in [7, 11) is 5.31. The number of hydrogen-bond acceptors (Lipinski definition) is 4. The maximum absolute atomic E-state index is 5.55. The maximum Gasteiger partial charge on any atom is 0.141 e. The van der Waals surface area contributed by atoms with Crippen molar-refractivity contribution in [3.8, 4) is 11.5 Å². The average Bonchev–Trinajstić information content (AvgIpc) is 2.94. The third-order valence-electron chi connectivity index (χ3n) is 3.60. The zero-order valence-electron chi connectivity index (χ0n) is 11.5. The van der Waals surface area contributed by atoms with E-state index in [4.69, 9.17) is 14.2 Å². The maximum atomic E-state index is 5.55. The number of methoxy groups -OCH3 is 2. The molecule has 1 aliphatic rings. The van der Waals surface area contributed by atoms with Crippen LogP contribution >= 0.6 is 15.9 Å². The quantitative estimate of drug-likeness (QED) is 0.901. The van der Waals surface area contributed by atoms with Crippen LogP contribution < -0.4 is 14.8 Å². The summed E-state index contributed by atoms with van der Waals surface area (Å²) in [6.07, 6.45) is 1.07. The summed E-state index contributed by atoms with van der Waals surface area (Å²) in [6, 6.07) is 4.24. The molecule has 1 aliphatic heterocycles. The van der Waals surface area contributed by atoms with Gasteiger partial charge in [-0.1, -0.05) is 0 Å². The molecule has 2 rings (SSSR count). The third kappa shape index (κ3) is 2.88. The normalized spacial score (nSPS) is 20.3. The average molecular weight is 330 g/mol. The highest BCUT2D eigenvalue weighted by Gasteiger charge is 2.29. The number of hydrogen-bond donors (Lipinski definition) is 1. The Hall–Kier alpha value is -0.780. The Morgan fingerprint density at radius 3 is 2.68 bits per heavy atom. The molecule has 2 atom stereocenters. The van der Waals surface area contributed by atoms with Gasteiger partial charge in [0, 0.05) is 24.1 Å². The van der Waals surface area contributed by atoms with E-state index in [0.29, 0.717) is 5.92 Å². The van der Waals surface area contributed by atoms with Crippen LogP contribution in [0.5, 0.6) is 11.5 Å². The molecule has 19 heavy (non-hydrogen) atoms. The second kappa shape index (κ2) is 6.59. The van der Waals surface area contributed by atoms with Crippen molar-refractivity contribution in [2.45, 2.75) is 12.5 Å². The van der Waals surface area contributed by atoms with E-state index in [1.807, 2.05) is 13.1 Å². The summed E-state index contributed by atoms with van der Waals surface area (Å²) < 4.78 is 17.2. The van der Waals surface area contributed by atoms with Crippen molar-refractivity contribution in [2.75, 3.05) is 34.5 Å². The van der Waals surface area contributed by atoms with Crippen LogP contribution in [0.2, 0.25) is 0 Å². The molecule has 1 aromatic rings. The van der Waals surface area contributed by atoms with E-state index < -0.39 is 0 Å². The van der Waals surface area contributed by atoms with Crippen molar-refractivity contribution in [2.24, 2.45) is 5.92 Å². The SMILES string of the molecule is CNC(c1ccc(OC)c(Br)c1OC)C1CCOC1. The first kappa shape index (κ1) is 14.6. The first-order valence-electron chi connectivity index (χ1n) is 6.38. The predicted molar refractivity (Wildman–Crippen MR) is 78.0 cm³/mol. The van der Waals surface area contributed by atoms with E-state index in [1.165, 1.54) is 0 Å². The fourth-order valence-electron chi connectivity index (χ4n) is 2.62. The molecule has 0 radical (unpaired) electrons. The number of nitrogens with one attached hydrogen (secondary N) is 1. The van der Waals surface area contributed by atoms with Gasteiger partial charge in [0.15, 0.2) is 0 Å². The lowest BCUT2D eigenvalue weighted by molar-refractivity contribution is 0.177. The fourth-order valence-corrected chi connectivity index (χ4v) is 3.31. The highest BCUT2D eigenvalue weighted by atomic mass is 79.9. The van der Waals surface area contributed by atoms with E-state index in [-0.39, 0.29) is 6.04 Å². The van der Waals surface area contributed by atoms with Crippen LogP contribution in [0.15, 0.2) is 16.6 Å². The minimum Gasteiger partial charge on any atom is -0.495 e. The van der Waals surface area contributed by atoms with Gasteiger partial charge in [-0.15, -0.1) is 0 Å². The van der Waals surface area contributed by atoms with Gasteiger partial charge in [-0.2, -0.15) is 0 Å². The molecule has 1 heterocycles. The Balaban J connectivity index is 2.39. The molecule has 1 aromatic carbocycles. The van der Waals surface area contributed by atoms with Crippen molar-refractivity contribution in [3.05, 3.63) is 22.2 Å². The van der Waals surface area contributed by atoms with Gasteiger partial charge in [-0.05, 0) is 41.5 Å². The predicted octanol–water partition coefficient (Wildman–Crippen LogP) is 2.76. The highest BCUT2D eigenvalue weighted by molar-refractivity contribution is 9.10. The third-order valence-corrected chi connectivity index (χ3v) is 4.35. The molecule has 4 nitrogen and oxygen atoms in total. The summed E-state index contributed by atoms with van der Waals surface area (Å²) in [5.41, 5.74) is 1.13. The van der Waals surface area contributed by atoms with Gasteiger partial charge in [-0.25, -0.2) is 0 Å². The molecule has 0 bridgehead atoms. The molecule has 1 saturated heterocycles. The van der Waals surface area contributed by atoms with E-state index in [9.17, 15) is 0 Å². The lowest BCUT2D eigenvalue weighted by Gasteiger charge is -2.25. The molecule has 2 unspecified atom stereocenters. The number of ether oxygens (including phenoxy) is 3. The number of benzene rings is 1. The Labute approximate surface area is 122 Å². The molecule has 0 saturated carbocycles. The van der Waals surface area contributed by atoms with E-state index >= 15 is 0 Å². The summed E-state index contributed by atoms with van der Waals surface area (Å²) >= 11 is 3.55. The van der Waals surface area contributed by atoms with Crippen LogP contribution in [0.1, 0.15) is 18.0 Å². The van der Waals surface area contributed by atoms with Gasteiger partial charge >= 0.3 is 0 Å². The minimum absolute atomic E-state index is 0.222. The van der Waals surface area contributed by atoms with Crippen LogP contribution in [-0.4, -0.2) is 34.5 Å². The second-order valence-corrected chi connectivity index (χ2v) is 5.39.